The number of carbonyl (C=O) groups excluding carboxylic acids is 1. The van der Waals surface area contributed by atoms with Crippen molar-refractivity contribution in [2.45, 2.75) is 39.2 Å². The second kappa shape index (κ2) is 8.53. The third kappa shape index (κ3) is 4.68. The van der Waals surface area contributed by atoms with Crippen molar-refractivity contribution < 1.29 is 13.9 Å². The Morgan fingerprint density at radius 3 is 2.72 bits per heavy atom. The monoisotopic (exact) mass is 407 g/mol. The van der Waals surface area contributed by atoms with E-state index in [1.165, 1.54) is 4.70 Å². The fourth-order valence-corrected chi connectivity index (χ4v) is 3.94. The van der Waals surface area contributed by atoms with Gasteiger partial charge in [-0.2, -0.15) is 0 Å². The summed E-state index contributed by atoms with van der Waals surface area (Å²) in [5, 5.41) is 9.10. The Morgan fingerprint density at radius 1 is 1.14 bits per heavy atom. The number of para-hydroxylation sites is 1. The zero-order chi connectivity index (χ0) is 20.2. The molecule has 0 radical (unpaired) electrons. The molecule has 0 bridgehead atoms. The number of ether oxygens (including phenoxy) is 1. The van der Waals surface area contributed by atoms with Crippen LogP contribution < -0.4 is 0 Å². The van der Waals surface area contributed by atoms with Crippen LogP contribution in [0.4, 0.5) is 0 Å². The summed E-state index contributed by atoms with van der Waals surface area (Å²) in [5.74, 6) is 0.424. The van der Waals surface area contributed by atoms with Crippen LogP contribution in [0, 0.1) is 6.92 Å². The molecule has 7 heteroatoms. The van der Waals surface area contributed by atoms with Crippen molar-refractivity contribution in [1.29, 1.82) is 0 Å². The zero-order valence-electron chi connectivity index (χ0n) is 16.3. The number of nitrogens with zero attached hydrogens (tertiary/aromatic N) is 3. The summed E-state index contributed by atoms with van der Waals surface area (Å²) in [6.45, 7) is 3.75. The second-order valence-electron chi connectivity index (χ2n) is 6.87. The molecule has 29 heavy (non-hydrogen) atoms. The number of thiazole rings is 1. The van der Waals surface area contributed by atoms with Crippen LogP contribution in [0.25, 0.3) is 21.7 Å². The van der Waals surface area contributed by atoms with Crippen molar-refractivity contribution in [3.8, 4) is 11.5 Å². The molecule has 2 heterocycles. The van der Waals surface area contributed by atoms with Crippen molar-refractivity contribution in [1.82, 2.24) is 15.2 Å². The van der Waals surface area contributed by atoms with Gasteiger partial charge in [0.05, 0.1) is 15.2 Å². The van der Waals surface area contributed by atoms with Gasteiger partial charge in [0.2, 0.25) is 5.89 Å². The highest BCUT2D eigenvalue weighted by atomic mass is 32.1. The average molecular weight is 407 g/mol. The van der Waals surface area contributed by atoms with Crippen LogP contribution in [-0.2, 0) is 16.0 Å². The van der Waals surface area contributed by atoms with Gasteiger partial charge < -0.3 is 9.15 Å². The molecule has 4 aromatic rings. The van der Waals surface area contributed by atoms with E-state index < -0.39 is 6.10 Å². The Hall–Kier alpha value is -3.06. The van der Waals surface area contributed by atoms with E-state index in [1.54, 1.807) is 18.3 Å². The van der Waals surface area contributed by atoms with Crippen LogP contribution in [-0.4, -0.2) is 21.2 Å². The SMILES string of the molecule is Cc1ccc(-c2nnc([C@@H](C)OC(=O)CCCc3nc4ccccc4s3)o2)cc1. The fraction of sp³-hybridized carbons (Fsp3) is 0.273. The van der Waals surface area contributed by atoms with Gasteiger partial charge in [-0.15, -0.1) is 21.5 Å². The third-order valence-corrected chi connectivity index (χ3v) is 5.60. The molecule has 0 saturated carbocycles. The van der Waals surface area contributed by atoms with Crippen LogP contribution in [0.1, 0.15) is 42.3 Å². The lowest BCUT2D eigenvalue weighted by Gasteiger charge is -2.08. The van der Waals surface area contributed by atoms with E-state index in [2.05, 4.69) is 21.2 Å². The Bertz CT molecular complexity index is 1080. The number of carbonyl (C=O) groups is 1. The summed E-state index contributed by atoms with van der Waals surface area (Å²) >= 11 is 1.66. The Kier molecular flexibility index (Phi) is 5.67. The molecular formula is C22H21N3O3S. The maximum atomic E-state index is 12.2. The first-order valence-electron chi connectivity index (χ1n) is 9.53. The minimum atomic E-state index is -0.586. The summed E-state index contributed by atoms with van der Waals surface area (Å²) in [5.41, 5.74) is 3.00. The number of esters is 1. The van der Waals surface area contributed by atoms with Gasteiger partial charge in [0, 0.05) is 12.0 Å². The number of hydrogen-bond acceptors (Lipinski definition) is 7. The van der Waals surface area contributed by atoms with Gasteiger partial charge in [0.1, 0.15) is 0 Å². The maximum Gasteiger partial charge on any atom is 0.306 e. The van der Waals surface area contributed by atoms with E-state index in [4.69, 9.17) is 9.15 Å². The predicted molar refractivity (Wildman–Crippen MR) is 112 cm³/mol. The number of aryl methyl sites for hydroxylation is 2. The molecule has 0 spiro atoms. The molecule has 0 amide bonds. The minimum Gasteiger partial charge on any atom is -0.453 e. The topological polar surface area (TPSA) is 78.1 Å². The highest BCUT2D eigenvalue weighted by Crippen LogP contribution is 2.24. The molecule has 2 aromatic carbocycles. The first-order valence-corrected chi connectivity index (χ1v) is 10.3. The Morgan fingerprint density at radius 2 is 1.93 bits per heavy atom. The highest BCUT2D eigenvalue weighted by Gasteiger charge is 2.19. The fourth-order valence-electron chi connectivity index (χ4n) is 2.93. The third-order valence-electron chi connectivity index (χ3n) is 4.50. The number of hydrogen-bond donors (Lipinski definition) is 0. The van der Waals surface area contributed by atoms with Crippen molar-refractivity contribution in [2.24, 2.45) is 0 Å². The summed E-state index contributed by atoms with van der Waals surface area (Å²) in [6.07, 6.45) is 1.17. The second-order valence-corrected chi connectivity index (χ2v) is 7.99. The largest absolute Gasteiger partial charge is 0.453 e. The predicted octanol–water partition coefficient (Wildman–Crippen LogP) is 5.28. The van der Waals surface area contributed by atoms with Crippen LogP contribution >= 0.6 is 11.3 Å². The number of rotatable bonds is 7. The van der Waals surface area contributed by atoms with Crippen LogP contribution in [0.15, 0.2) is 52.9 Å². The molecule has 0 unspecified atom stereocenters. The molecule has 0 N–H and O–H groups in total. The lowest BCUT2D eigenvalue weighted by Crippen LogP contribution is -2.09. The summed E-state index contributed by atoms with van der Waals surface area (Å²) in [7, 11) is 0. The summed E-state index contributed by atoms with van der Waals surface area (Å²) in [4.78, 5) is 16.8. The Balaban J connectivity index is 1.28. The number of benzene rings is 2. The van der Waals surface area contributed by atoms with Crippen molar-refractivity contribution in [2.75, 3.05) is 0 Å². The zero-order valence-corrected chi connectivity index (χ0v) is 17.1. The number of aromatic nitrogens is 3. The van der Waals surface area contributed by atoms with E-state index in [0.717, 1.165) is 28.1 Å². The van der Waals surface area contributed by atoms with Gasteiger partial charge >= 0.3 is 5.97 Å². The average Bonchev–Trinajstić information content (AvgIpc) is 3.35. The number of fused-ring (bicyclic) bond motifs is 1. The molecule has 0 aliphatic rings. The standard InChI is InChI=1S/C22H21N3O3S/c1-14-10-12-16(13-11-14)22-25-24-21(28-22)15(2)27-20(26)9-5-8-19-23-17-6-3-4-7-18(17)29-19/h3-4,6-7,10-13,15H,5,8-9H2,1-2H3/t15-/m1/s1. The van der Waals surface area contributed by atoms with Crippen LogP contribution in [0.5, 0.6) is 0 Å². The molecule has 0 aliphatic heterocycles. The van der Waals surface area contributed by atoms with E-state index in [-0.39, 0.29) is 5.97 Å². The van der Waals surface area contributed by atoms with Crippen LogP contribution in [0.2, 0.25) is 0 Å². The molecule has 2 aromatic heterocycles. The molecule has 0 saturated heterocycles. The van der Waals surface area contributed by atoms with Gasteiger partial charge in [0.25, 0.3) is 5.89 Å². The van der Waals surface area contributed by atoms with Gasteiger partial charge in [-0.05, 0) is 51.0 Å². The van der Waals surface area contributed by atoms with Crippen molar-refractivity contribution in [3.05, 3.63) is 65.0 Å². The Labute approximate surface area is 172 Å². The molecule has 4 rings (SSSR count). The lowest BCUT2D eigenvalue weighted by atomic mass is 10.1. The molecule has 0 fully saturated rings. The van der Waals surface area contributed by atoms with E-state index in [9.17, 15) is 4.79 Å². The van der Waals surface area contributed by atoms with Gasteiger partial charge in [-0.1, -0.05) is 29.8 Å². The van der Waals surface area contributed by atoms with E-state index >= 15 is 0 Å². The normalized spacial score (nSPS) is 12.2. The summed E-state index contributed by atoms with van der Waals surface area (Å²) < 4.78 is 12.3. The first kappa shape index (κ1) is 19.3. The molecule has 1 atom stereocenters. The van der Waals surface area contributed by atoms with E-state index in [0.29, 0.717) is 24.6 Å². The van der Waals surface area contributed by atoms with Crippen molar-refractivity contribution >= 4 is 27.5 Å². The van der Waals surface area contributed by atoms with E-state index in [1.807, 2.05) is 49.4 Å². The maximum absolute atomic E-state index is 12.2. The van der Waals surface area contributed by atoms with Crippen molar-refractivity contribution in [3.63, 3.8) is 0 Å². The highest BCUT2D eigenvalue weighted by molar-refractivity contribution is 7.18. The van der Waals surface area contributed by atoms with Gasteiger partial charge in [0.15, 0.2) is 6.10 Å². The molecular weight excluding hydrogens is 386 g/mol. The molecule has 6 nitrogen and oxygen atoms in total. The molecule has 148 valence electrons. The van der Waals surface area contributed by atoms with Gasteiger partial charge in [-0.3, -0.25) is 4.79 Å². The van der Waals surface area contributed by atoms with Crippen LogP contribution in [0.3, 0.4) is 0 Å². The quantitative estimate of drug-likeness (QED) is 0.388. The summed E-state index contributed by atoms with van der Waals surface area (Å²) in [6, 6.07) is 15.8. The molecule has 0 aliphatic carbocycles. The smallest absolute Gasteiger partial charge is 0.306 e. The lowest BCUT2D eigenvalue weighted by molar-refractivity contribution is -0.149. The minimum absolute atomic E-state index is 0.284. The van der Waals surface area contributed by atoms with Gasteiger partial charge in [-0.25, -0.2) is 4.98 Å². The first-order chi connectivity index (χ1) is 14.1.